The van der Waals surface area contributed by atoms with Crippen LogP contribution in [0.3, 0.4) is 0 Å². The Labute approximate surface area is 143 Å². The number of aryl methyl sites for hydroxylation is 1. The zero-order valence-electron chi connectivity index (χ0n) is 13.3. The molecule has 0 spiro atoms. The van der Waals surface area contributed by atoms with Crippen molar-refractivity contribution in [1.82, 2.24) is 19.7 Å². The van der Waals surface area contributed by atoms with Crippen LogP contribution in [0.2, 0.25) is 0 Å². The number of hydrogen-bond acceptors (Lipinski definition) is 6. The number of esters is 1. The molecule has 0 bridgehead atoms. The highest BCUT2D eigenvalue weighted by Gasteiger charge is 2.17. The fourth-order valence-electron chi connectivity index (χ4n) is 2.15. The van der Waals surface area contributed by atoms with E-state index in [2.05, 4.69) is 15.2 Å². The maximum Gasteiger partial charge on any atom is 0.316 e. The number of carbonyl (C=O) groups is 1. The molecule has 0 fully saturated rings. The van der Waals surface area contributed by atoms with E-state index < -0.39 is 0 Å². The first-order valence-electron chi connectivity index (χ1n) is 7.31. The van der Waals surface area contributed by atoms with Crippen LogP contribution in [0.15, 0.2) is 53.9 Å². The topological polar surface area (TPSA) is 69.9 Å². The van der Waals surface area contributed by atoms with Crippen LogP contribution in [0.1, 0.15) is 5.56 Å². The van der Waals surface area contributed by atoms with Gasteiger partial charge in [-0.3, -0.25) is 14.3 Å². The van der Waals surface area contributed by atoms with Gasteiger partial charge in [-0.2, -0.15) is 0 Å². The summed E-state index contributed by atoms with van der Waals surface area (Å²) >= 11 is 1.29. The smallest absolute Gasteiger partial charge is 0.316 e. The lowest BCUT2D eigenvalue weighted by Gasteiger charge is -2.10. The Balaban J connectivity index is 2.05. The molecule has 1 aromatic carbocycles. The van der Waals surface area contributed by atoms with E-state index in [9.17, 15) is 4.79 Å². The van der Waals surface area contributed by atoms with E-state index in [0.29, 0.717) is 11.0 Å². The number of thioether (sulfide) groups is 1. The van der Waals surface area contributed by atoms with Gasteiger partial charge in [0.1, 0.15) is 0 Å². The van der Waals surface area contributed by atoms with Crippen LogP contribution in [0.25, 0.3) is 17.1 Å². The third-order valence-electron chi connectivity index (χ3n) is 3.39. The summed E-state index contributed by atoms with van der Waals surface area (Å²) < 4.78 is 6.62. The van der Waals surface area contributed by atoms with Gasteiger partial charge in [0.2, 0.25) is 0 Å². The fourth-order valence-corrected chi connectivity index (χ4v) is 2.94. The van der Waals surface area contributed by atoms with Gasteiger partial charge in [0, 0.05) is 23.6 Å². The summed E-state index contributed by atoms with van der Waals surface area (Å²) in [6, 6.07) is 11.8. The quantitative estimate of drug-likeness (QED) is 0.525. The molecule has 0 unspecified atom stereocenters. The Morgan fingerprint density at radius 3 is 2.67 bits per heavy atom. The van der Waals surface area contributed by atoms with Crippen molar-refractivity contribution in [1.29, 1.82) is 0 Å². The Morgan fingerprint density at radius 2 is 2.00 bits per heavy atom. The number of methoxy groups -OCH3 is 1. The van der Waals surface area contributed by atoms with Gasteiger partial charge in [0.25, 0.3) is 0 Å². The normalized spacial score (nSPS) is 10.6. The van der Waals surface area contributed by atoms with Gasteiger partial charge in [-0.15, -0.1) is 10.2 Å². The highest BCUT2D eigenvalue weighted by molar-refractivity contribution is 7.99. The molecule has 0 amide bonds. The number of ether oxygens (including phenoxy) is 1. The maximum absolute atomic E-state index is 11.4. The van der Waals surface area contributed by atoms with Gasteiger partial charge in [0.15, 0.2) is 11.0 Å². The zero-order valence-corrected chi connectivity index (χ0v) is 14.2. The van der Waals surface area contributed by atoms with E-state index in [0.717, 1.165) is 11.3 Å². The Kier molecular flexibility index (Phi) is 4.90. The maximum atomic E-state index is 11.4. The van der Waals surface area contributed by atoms with Crippen molar-refractivity contribution >= 4 is 17.7 Å². The largest absolute Gasteiger partial charge is 0.468 e. The average Bonchev–Trinajstić information content (AvgIpc) is 3.05. The number of carbonyl (C=O) groups excluding carboxylic acids is 1. The molecule has 0 radical (unpaired) electrons. The lowest BCUT2D eigenvalue weighted by Crippen LogP contribution is -2.05. The molecule has 0 saturated carbocycles. The molecular weight excluding hydrogens is 324 g/mol. The predicted molar refractivity (Wildman–Crippen MR) is 92.1 cm³/mol. The summed E-state index contributed by atoms with van der Waals surface area (Å²) in [6.45, 7) is 2.03. The third-order valence-corrected chi connectivity index (χ3v) is 4.29. The summed E-state index contributed by atoms with van der Waals surface area (Å²) in [5, 5.41) is 9.15. The average molecular weight is 340 g/mol. The number of pyridine rings is 1. The summed E-state index contributed by atoms with van der Waals surface area (Å²) in [6.07, 6.45) is 3.45. The van der Waals surface area contributed by atoms with E-state index in [4.69, 9.17) is 4.74 Å². The van der Waals surface area contributed by atoms with Crippen molar-refractivity contribution < 1.29 is 9.53 Å². The van der Waals surface area contributed by atoms with E-state index in [1.54, 1.807) is 12.4 Å². The monoisotopic (exact) mass is 340 g/mol. The number of benzene rings is 1. The van der Waals surface area contributed by atoms with Crippen molar-refractivity contribution in [2.24, 2.45) is 0 Å². The van der Waals surface area contributed by atoms with Gasteiger partial charge in [0.05, 0.1) is 12.9 Å². The lowest BCUT2D eigenvalue weighted by atomic mass is 10.2. The Hall–Kier alpha value is -2.67. The molecule has 2 aromatic heterocycles. The highest BCUT2D eigenvalue weighted by atomic mass is 32.2. The minimum absolute atomic E-state index is 0.174. The second-order valence-electron chi connectivity index (χ2n) is 5.08. The molecule has 0 aliphatic heterocycles. The van der Waals surface area contributed by atoms with Crippen molar-refractivity contribution in [2.75, 3.05) is 12.9 Å². The molecular formula is C17H16N4O2S. The number of nitrogens with zero attached hydrogens (tertiary/aromatic N) is 4. The summed E-state index contributed by atoms with van der Waals surface area (Å²) in [4.78, 5) is 15.6. The number of hydrogen-bond donors (Lipinski definition) is 0. The van der Waals surface area contributed by atoms with Crippen molar-refractivity contribution in [3.8, 4) is 17.1 Å². The lowest BCUT2D eigenvalue weighted by molar-refractivity contribution is -0.137. The van der Waals surface area contributed by atoms with Crippen LogP contribution < -0.4 is 0 Å². The summed E-state index contributed by atoms with van der Waals surface area (Å²) in [5.74, 6) is 0.550. The highest BCUT2D eigenvalue weighted by Crippen LogP contribution is 2.27. The number of aromatic nitrogens is 4. The van der Waals surface area contributed by atoms with Crippen LogP contribution in [-0.4, -0.2) is 38.6 Å². The molecule has 7 heteroatoms. The first-order valence-corrected chi connectivity index (χ1v) is 8.30. The summed E-state index contributed by atoms with van der Waals surface area (Å²) in [7, 11) is 1.37. The van der Waals surface area contributed by atoms with Crippen LogP contribution in [0, 0.1) is 6.92 Å². The SMILES string of the molecule is COC(=O)CSc1nnc(-c2cccnc2)n1-c1ccc(C)cc1. The molecule has 24 heavy (non-hydrogen) atoms. The summed E-state index contributed by atoms with van der Waals surface area (Å²) in [5.41, 5.74) is 2.95. The van der Waals surface area contributed by atoms with Gasteiger partial charge < -0.3 is 4.74 Å². The third kappa shape index (κ3) is 3.46. The van der Waals surface area contributed by atoms with Crippen molar-refractivity contribution in [3.05, 3.63) is 54.4 Å². The van der Waals surface area contributed by atoms with Crippen LogP contribution >= 0.6 is 11.8 Å². The van der Waals surface area contributed by atoms with E-state index >= 15 is 0 Å². The molecule has 3 aromatic rings. The number of rotatable bonds is 5. The van der Waals surface area contributed by atoms with Gasteiger partial charge >= 0.3 is 5.97 Å². The first kappa shape index (κ1) is 16.2. The molecule has 2 heterocycles. The van der Waals surface area contributed by atoms with Gasteiger partial charge in [-0.25, -0.2) is 0 Å². The van der Waals surface area contributed by atoms with Crippen molar-refractivity contribution in [2.45, 2.75) is 12.1 Å². The van der Waals surface area contributed by atoms with Crippen LogP contribution in [0.4, 0.5) is 0 Å². The molecule has 3 rings (SSSR count). The molecule has 0 saturated heterocycles. The second-order valence-corrected chi connectivity index (χ2v) is 6.03. The molecule has 0 atom stereocenters. The molecule has 0 aliphatic rings. The molecule has 0 N–H and O–H groups in total. The fraction of sp³-hybridized carbons (Fsp3) is 0.176. The van der Waals surface area contributed by atoms with Crippen molar-refractivity contribution in [3.63, 3.8) is 0 Å². The van der Waals surface area contributed by atoms with E-state index in [1.807, 2.05) is 47.9 Å². The Morgan fingerprint density at radius 1 is 1.21 bits per heavy atom. The molecule has 6 nitrogen and oxygen atoms in total. The predicted octanol–water partition coefficient (Wildman–Crippen LogP) is 2.90. The first-order chi connectivity index (χ1) is 11.7. The molecule has 0 aliphatic carbocycles. The van der Waals surface area contributed by atoms with Gasteiger partial charge in [-0.05, 0) is 31.2 Å². The van der Waals surface area contributed by atoms with Crippen LogP contribution in [-0.2, 0) is 9.53 Å². The van der Waals surface area contributed by atoms with E-state index in [-0.39, 0.29) is 11.7 Å². The standard InChI is InChI=1S/C17H16N4O2S/c1-12-5-7-14(8-6-12)21-16(13-4-3-9-18-10-13)19-20-17(21)24-11-15(22)23-2/h3-10H,11H2,1-2H3. The minimum atomic E-state index is -0.304. The van der Waals surface area contributed by atoms with Gasteiger partial charge in [-0.1, -0.05) is 29.5 Å². The second kappa shape index (κ2) is 7.27. The molecule has 122 valence electrons. The zero-order chi connectivity index (χ0) is 16.9. The van der Waals surface area contributed by atoms with E-state index in [1.165, 1.54) is 24.4 Å². The van der Waals surface area contributed by atoms with Crippen LogP contribution in [0.5, 0.6) is 0 Å². The Bertz CT molecular complexity index is 832. The minimum Gasteiger partial charge on any atom is -0.468 e.